The molecule has 5 nitrogen and oxygen atoms in total. The molecule has 2 aliphatic rings. The Hall–Kier alpha value is -0.860. The second kappa shape index (κ2) is 11.0. The average molecular weight is 459 g/mol. The van der Waals surface area contributed by atoms with Crippen LogP contribution in [0.5, 0.6) is 0 Å². The molecule has 0 bridgehead atoms. The molecule has 25 heavy (non-hydrogen) atoms. The normalized spacial score (nSPS) is 26.8. The largest absolute Gasteiger partial charge is 0.376 e. The van der Waals surface area contributed by atoms with Crippen molar-refractivity contribution in [2.75, 3.05) is 33.4 Å². The van der Waals surface area contributed by atoms with Gasteiger partial charge in [-0.15, -0.1) is 24.0 Å². The van der Waals surface area contributed by atoms with Crippen LogP contribution in [0.3, 0.4) is 0 Å². The smallest absolute Gasteiger partial charge is 0.191 e. The molecule has 2 fully saturated rings. The lowest BCUT2D eigenvalue weighted by Gasteiger charge is -2.32. The average Bonchev–Trinajstić information content (AvgIpc) is 3.16. The van der Waals surface area contributed by atoms with Crippen LogP contribution in [0.2, 0.25) is 0 Å². The van der Waals surface area contributed by atoms with Crippen LogP contribution in [0.1, 0.15) is 37.4 Å². The fourth-order valence-corrected chi connectivity index (χ4v) is 3.53. The quantitative estimate of drug-likeness (QED) is 0.404. The van der Waals surface area contributed by atoms with Crippen LogP contribution in [-0.4, -0.2) is 45.4 Å². The third-order valence-corrected chi connectivity index (χ3v) is 4.85. The first kappa shape index (κ1) is 20.5. The first-order valence-corrected chi connectivity index (χ1v) is 9.09. The van der Waals surface area contributed by atoms with E-state index >= 15 is 0 Å². The zero-order valence-electron chi connectivity index (χ0n) is 14.9. The van der Waals surface area contributed by atoms with Crippen molar-refractivity contribution in [2.24, 2.45) is 10.9 Å². The van der Waals surface area contributed by atoms with E-state index in [0.29, 0.717) is 12.0 Å². The molecule has 0 aliphatic carbocycles. The Bertz CT molecular complexity index is 521. The number of rotatable bonds is 5. The number of guanidine groups is 1. The van der Waals surface area contributed by atoms with Gasteiger partial charge in [0.05, 0.1) is 12.2 Å². The second-order valence-corrected chi connectivity index (χ2v) is 6.57. The zero-order valence-corrected chi connectivity index (χ0v) is 17.3. The molecule has 140 valence electrons. The molecule has 3 rings (SSSR count). The molecule has 0 spiro atoms. The van der Waals surface area contributed by atoms with Gasteiger partial charge in [0, 0.05) is 39.3 Å². The zero-order chi connectivity index (χ0) is 16.6. The summed E-state index contributed by atoms with van der Waals surface area (Å²) in [7, 11) is 1.82. The molecule has 2 aliphatic heterocycles. The first-order valence-electron chi connectivity index (χ1n) is 9.09. The highest BCUT2D eigenvalue weighted by Crippen LogP contribution is 2.32. The molecular formula is C19H30IN3O2. The van der Waals surface area contributed by atoms with Crippen LogP contribution in [0.15, 0.2) is 35.3 Å². The molecule has 2 saturated heterocycles. The Morgan fingerprint density at radius 1 is 1.04 bits per heavy atom. The summed E-state index contributed by atoms with van der Waals surface area (Å²) in [5, 5.41) is 6.84. The lowest BCUT2D eigenvalue weighted by atomic mass is 9.89. The van der Waals surface area contributed by atoms with E-state index in [1.54, 1.807) is 0 Å². The minimum atomic E-state index is 0. The Morgan fingerprint density at radius 2 is 1.76 bits per heavy atom. The third-order valence-electron chi connectivity index (χ3n) is 4.85. The van der Waals surface area contributed by atoms with Gasteiger partial charge in [-0.25, -0.2) is 0 Å². The Kier molecular flexibility index (Phi) is 8.98. The van der Waals surface area contributed by atoms with Crippen molar-refractivity contribution >= 4 is 29.9 Å². The number of aliphatic imine (C=N–C) groups is 1. The van der Waals surface area contributed by atoms with Crippen LogP contribution in [0.25, 0.3) is 0 Å². The highest BCUT2D eigenvalue weighted by Gasteiger charge is 2.27. The van der Waals surface area contributed by atoms with Gasteiger partial charge in [-0.2, -0.15) is 0 Å². The molecule has 6 heteroatoms. The lowest BCUT2D eigenvalue weighted by Crippen LogP contribution is -2.44. The second-order valence-electron chi connectivity index (χ2n) is 6.57. The third kappa shape index (κ3) is 6.11. The molecule has 0 aromatic heterocycles. The number of hydrogen-bond acceptors (Lipinski definition) is 3. The highest BCUT2D eigenvalue weighted by atomic mass is 127. The summed E-state index contributed by atoms with van der Waals surface area (Å²) < 4.78 is 11.7. The van der Waals surface area contributed by atoms with Gasteiger partial charge in [-0.1, -0.05) is 30.3 Å². The first-order chi connectivity index (χ1) is 11.9. The number of nitrogens with zero attached hydrogens (tertiary/aromatic N) is 1. The minimum absolute atomic E-state index is 0. The molecule has 3 atom stereocenters. The predicted molar refractivity (Wildman–Crippen MR) is 112 cm³/mol. The van der Waals surface area contributed by atoms with Crippen molar-refractivity contribution < 1.29 is 9.47 Å². The maximum Gasteiger partial charge on any atom is 0.191 e. The van der Waals surface area contributed by atoms with E-state index in [0.717, 1.165) is 51.5 Å². The monoisotopic (exact) mass is 459 g/mol. The van der Waals surface area contributed by atoms with Crippen molar-refractivity contribution in [1.82, 2.24) is 10.6 Å². The molecule has 2 N–H and O–H groups in total. The molecule has 3 unspecified atom stereocenters. The van der Waals surface area contributed by atoms with Crippen LogP contribution in [0.4, 0.5) is 0 Å². The molecule has 1 aromatic rings. The van der Waals surface area contributed by atoms with E-state index in [-0.39, 0.29) is 30.1 Å². The van der Waals surface area contributed by atoms with Crippen LogP contribution >= 0.6 is 24.0 Å². The van der Waals surface area contributed by atoms with Gasteiger partial charge in [0.25, 0.3) is 0 Å². The van der Waals surface area contributed by atoms with Gasteiger partial charge in [-0.3, -0.25) is 4.99 Å². The van der Waals surface area contributed by atoms with Crippen molar-refractivity contribution in [3.05, 3.63) is 35.9 Å². The fraction of sp³-hybridized carbons (Fsp3) is 0.632. The number of nitrogens with one attached hydrogen (secondary N) is 2. The van der Waals surface area contributed by atoms with Gasteiger partial charge in [-0.05, 0) is 31.2 Å². The summed E-state index contributed by atoms with van der Waals surface area (Å²) in [5.74, 6) is 1.31. The number of halogens is 1. The standard InChI is InChI=1S/C19H29N3O2.HI/c1-20-19(22-14-17-10-6-11-23-17)21-13-16-9-5-12-24-18(16)15-7-3-2-4-8-15;/h2-4,7-8,16-18H,5-6,9-14H2,1H3,(H2,20,21,22);1H. The Morgan fingerprint density at radius 3 is 2.48 bits per heavy atom. The molecular weight excluding hydrogens is 429 g/mol. The predicted octanol–water partition coefficient (Wildman–Crippen LogP) is 3.12. The van der Waals surface area contributed by atoms with Gasteiger partial charge >= 0.3 is 0 Å². The molecule has 0 amide bonds. The number of benzene rings is 1. The summed E-state index contributed by atoms with van der Waals surface area (Å²) in [5.41, 5.74) is 1.27. The maximum atomic E-state index is 6.06. The summed E-state index contributed by atoms with van der Waals surface area (Å²) in [4.78, 5) is 4.33. The van der Waals surface area contributed by atoms with Crippen molar-refractivity contribution in [2.45, 2.75) is 37.9 Å². The van der Waals surface area contributed by atoms with Crippen LogP contribution in [-0.2, 0) is 9.47 Å². The number of ether oxygens (including phenoxy) is 2. The Balaban J connectivity index is 0.00000225. The lowest BCUT2D eigenvalue weighted by molar-refractivity contribution is -0.0265. The molecule has 0 radical (unpaired) electrons. The van der Waals surface area contributed by atoms with E-state index < -0.39 is 0 Å². The van der Waals surface area contributed by atoms with Gasteiger partial charge in [0.1, 0.15) is 0 Å². The molecule has 2 heterocycles. The van der Waals surface area contributed by atoms with Gasteiger partial charge < -0.3 is 20.1 Å². The summed E-state index contributed by atoms with van der Waals surface area (Å²) in [6, 6.07) is 10.5. The van der Waals surface area contributed by atoms with E-state index in [2.05, 4.69) is 46.0 Å². The van der Waals surface area contributed by atoms with Crippen LogP contribution < -0.4 is 10.6 Å². The Labute approximate surface area is 168 Å². The summed E-state index contributed by atoms with van der Waals surface area (Å²) in [6.07, 6.45) is 5.09. The summed E-state index contributed by atoms with van der Waals surface area (Å²) in [6.45, 7) is 3.42. The van der Waals surface area contributed by atoms with Crippen LogP contribution in [0, 0.1) is 5.92 Å². The molecule has 0 saturated carbocycles. The van der Waals surface area contributed by atoms with E-state index in [9.17, 15) is 0 Å². The van der Waals surface area contributed by atoms with Crippen molar-refractivity contribution in [3.63, 3.8) is 0 Å². The minimum Gasteiger partial charge on any atom is -0.376 e. The van der Waals surface area contributed by atoms with Crippen molar-refractivity contribution in [1.29, 1.82) is 0 Å². The topological polar surface area (TPSA) is 54.9 Å². The van der Waals surface area contributed by atoms with Crippen molar-refractivity contribution in [3.8, 4) is 0 Å². The maximum absolute atomic E-state index is 6.06. The van der Waals surface area contributed by atoms with Gasteiger partial charge in [0.2, 0.25) is 0 Å². The number of hydrogen-bond donors (Lipinski definition) is 2. The fourth-order valence-electron chi connectivity index (χ4n) is 3.53. The van der Waals surface area contributed by atoms with Gasteiger partial charge in [0.15, 0.2) is 5.96 Å². The highest BCUT2D eigenvalue weighted by molar-refractivity contribution is 14.0. The van der Waals surface area contributed by atoms with E-state index in [1.807, 2.05) is 7.05 Å². The summed E-state index contributed by atoms with van der Waals surface area (Å²) >= 11 is 0. The molecule has 1 aromatic carbocycles. The van der Waals surface area contributed by atoms with E-state index in [1.165, 1.54) is 12.0 Å². The van der Waals surface area contributed by atoms with E-state index in [4.69, 9.17) is 9.47 Å². The SMILES string of the molecule is CN=C(NCC1CCCO1)NCC1CCCOC1c1ccccc1.I.